The van der Waals surface area contributed by atoms with Crippen molar-refractivity contribution in [3.8, 4) is 0 Å². The van der Waals surface area contributed by atoms with E-state index in [1.807, 2.05) is 30.3 Å². The summed E-state index contributed by atoms with van der Waals surface area (Å²) < 4.78 is 0. The second-order valence-corrected chi connectivity index (χ2v) is 5.20. The minimum absolute atomic E-state index is 0.190. The van der Waals surface area contributed by atoms with E-state index in [1.165, 1.54) is 0 Å². The molecule has 0 radical (unpaired) electrons. The number of rotatable bonds is 4. The molecule has 0 saturated carbocycles. The van der Waals surface area contributed by atoms with E-state index >= 15 is 0 Å². The molecule has 0 aromatic heterocycles. The van der Waals surface area contributed by atoms with Gasteiger partial charge in [0.1, 0.15) is 11.0 Å². The maximum atomic E-state index is 12.1. The molecule has 0 aliphatic rings. The quantitative estimate of drug-likeness (QED) is 0.756. The maximum Gasteiger partial charge on any atom is 0.320 e. The molecule has 2 aromatic carbocycles. The zero-order valence-electron chi connectivity index (χ0n) is 11.0. The first-order chi connectivity index (χ1) is 10.1. The molecule has 0 saturated heterocycles. The highest BCUT2D eigenvalue weighted by Gasteiger charge is 2.17. The highest BCUT2D eigenvalue weighted by molar-refractivity contribution is 7.80. The van der Waals surface area contributed by atoms with E-state index in [9.17, 15) is 4.79 Å². The van der Waals surface area contributed by atoms with Gasteiger partial charge in [-0.05, 0) is 17.7 Å². The van der Waals surface area contributed by atoms with Crippen LogP contribution in [0, 0.1) is 0 Å². The summed E-state index contributed by atoms with van der Waals surface area (Å²) in [5.41, 5.74) is 7.04. The third-order valence-corrected chi connectivity index (χ3v) is 3.38. The number of nitrogens with two attached hydrogens (primary N) is 1. The summed E-state index contributed by atoms with van der Waals surface area (Å²) in [4.78, 5) is 12.2. The molecular weight excluding hydrogens is 306 g/mol. The molecule has 4 nitrogen and oxygen atoms in total. The average Bonchev–Trinajstić information content (AvgIpc) is 2.48. The Morgan fingerprint density at radius 2 is 1.71 bits per heavy atom. The molecule has 0 bridgehead atoms. The zero-order valence-corrected chi connectivity index (χ0v) is 12.6. The van der Waals surface area contributed by atoms with Crippen molar-refractivity contribution < 1.29 is 4.79 Å². The number of anilines is 1. The Labute approximate surface area is 133 Å². The van der Waals surface area contributed by atoms with E-state index < -0.39 is 12.1 Å². The predicted octanol–water partition coefficient (Wildman–Crippen LogP) is 3.49. The standard InChI is InChI=1S/C15H14ClN3OS/c16-11-8-4-5-9-12(11)18-15(20)19-13(14(17)21)10-6-2-1-3-7-10/h1-9,13H,(H2,17,21)(H2,18,19,20). The van der Waals surface area contributed by atoms with Gasteiger partial charge in [-0.1, -0.05) is 66.3 Å². The molecular formula is C15H14ClN3OS. The second kappa shape index (κ2) is 7.06. The van der Waals surface area contributed by atoms with Crippen molar-refractivity contribution in [2.45, 2.75) is 6.04 Å². The van der Waals surface area contributed by atoms with Crippen LogP contribution in [-0.2, 0) is 0 Å². The van der Waals surface area contributed by atoms with Gasteiger partial charge in [-0.3, -0.25) is 0 Å². The van der Waals surface area contributed by atoms with Gasteiger partial charge in [0.05, 0.1) is 10.7 Å². The van der Waals surface area contributed by atoms with Crippen LogP contribution in [0.2, 0.25) is 5.02 Å². The normalized spacial score (nSPS) is 11.5. The van der Waals surface area contributed by atoms with Gasteiger partial charge < -0.3 is 16.4 Å². The van der Waals surface area contributed by atoms with Gasteiger partial charge in [-0.15, -0.1) is 0 Å². The Hall–Kier alpha value is -2.11. The third-order valence-electron chi connectivity index (χ3n) is 2.81. The van der Waals surface area contributed by atoms with Crippen molar-refractivity contribution in [3.05, 3.63) is 65.2 Å². The number of benzene rings is 2. The van der Waals surface area contributed by atoms with E-state index in [2.05, 4.69) is 10.6 Å². The second-order valence-electron chi connectivity index (χ2n) is 4.32. The summed E-state index contributed by atoms with van der Waals surface area (Å²) in [5.74, 6) is 0. The van der Waals surface area contributed by atoms with E-state index in [1.54, 1.807) is 24.3 Å². The molecule has 2 aromatic rings. The first-order valence-electron chi connectivity index (χ1n) is 6.24. The minimum atomic E-state index is -0.538. The largest absolute Gasteiger partial charge is 0.391 e. The predicted molar refractivity (Wildman–Crippen MR) is 89.6 cm³/mol. The van der Waals surface area contributed by atoms with Crippen LogP contribution < -0.4 is 16.4 Å². The molecule has 0 aliphatic carbocycles. The van der Waals surface area contributed by atoms with Crippen LogP contribution in [0.3, 0.4) is 0 Å². The van der Waals surface area contributed by atoms with Crippen molar-refractivity contribution in [3.63, 3.8) is 0 Å². The molecule has 0 spiro atoms. The SMILES string of the molecule is NC(=S)C(NC(=O)Nc1ccccc1Cl)c1ccccc1. The molecule has 1 unspecified atom stereocenters. The molecule has 2 amide bonds. The molecule has 1 atom stereocenters. The molecule has 0 heterocycles. The summed E-state index contributed by atoms with van der Waals surface area (Å²) >= 11 is 11.0. The van der Waals surface area contributed by atoms with Crippen LogP contribution in [0.25, 0.3) is 0 Å². The molecule has 2 rings (SSSR count). The molecule has 0 fully saturated rings. The fourth-order valence-corrected chi connectivity index (χ4v) is 2.19. The van der Waals surface area contributed by atoms with Crippen molar-refractivity contribution in [2.75, 3.05) is 5.32 Å². The number of urea groups is 1. The van der Waals surface area contributed by atoms with Gasteiger partial charge >= 0.3 is 6.03 Å². The highest BCUT2D eigenvalue weighted by atomic mass is 35.5. The molecule has 108 valence electrons. The highest BCUT2D eigenvalue weighted by Crippen LogP contribution is 2.20. The fraction of sp³-hybridized carbons (Fsp3) is 0.0667. The Kier molecular flexibility index (Phi) is 5.14. The summed E-state index contributed by atoms with van der Waals surface area (Å²) in [5, 5.41) is 5.86. The molecule has 0 aliphatic heterocycles. The van der Waals surface area contributed by atoms with Crippen molar-refractivity contribution in [1.82, 2.24) is 5.32 Å². The number of amides is 2. The van der Waals surface area contributed by atoms with Gasteiger partial charge in [-0.25, -0.2) is 4.79 Å². The van der Waals surface area contributed by atoms with Crippen molar-refractivity contribution >= 4 is 40.5 Å². The van der Waals surface area contributed by atoms with Gasteiger partial charge in [0.2, 0.25) is 0 Å². The number of carbonyl (C=O) groups excluding carboxylic acids is 1. The molecule has 21 heavy (non-hydrogen) atoms. The van der Waals surface area contributed by atoms with Crippen LogP contribution in [0.4, 0.5) is 10.5 Å². The number of halogens is 1. The molecule has 4 N–H and O–H groups in total. The molecule has 6 heteroatoms. The van der Waals surface area contributed by atoms with E-state index in [0.717, 1.165) is 5.56 Å². The minimum Gasteiger partial charge on any atom is -0.391 e. The van der Waals surface area contributed by atoms with Crippen LogP contribution in [-0.4, -0.2) is 11.0 Å². The number of nitrogens with one attached hydrogen (secondary N) is 2. The Morgan fingerprint density at radius 1 is 1.10 bits per heavy atom. The number of hydrogen-bond acceptors (Lipinski definition) is 2. The first-order valence-corrected chi connectivity index (χ1v) is 7.03. The summed E-state index contributed by atoms with van der Waals surface area (Å²) in [7, 11) is 0. The van der Waals surface area contributed by atoms with Gasteiger partial charge in [-0.2, -0.15) is 0 Å². The van der Waals surface area contributed by atoms with Crippen molar-refractivity contribution in [1.29, 1.82) is 0 Å². The number of para-hydroxylation sites is 1. The average molecular weight is 320 g/mol. The van der Waals surface area contributed by atoms with Gasteiger partial charge in [0.15, 0.2) is 0 Å². The van der Waals surface area contributed by atoms with Crippen LogP contribution in [0.15, 0.2) is 54.6 Å². The topological polar surface area (TPSA) is 67.1 Å². The smallest absolute Gasteiger partial charge is 0.320 e. The zero-order chi connectivity index (χ0) is 15.2. The van der Waals surface area contributed by atoms with E-state index in [4.69, 9.17) is 29.6 Å². The monoisotopic (exact) mass is 319 g/mol. The number of thiocarbonyl (C=S) groups is 1. The van der Waals surface area contributed by atoms with Crippen LogP contribution in [0.1, 0.15) is 11.6 Å². The van der Waals surface area contributed by atoms with E-state index in [-0.39, 0.29) is 4.99 Å². The van der Waals surface area contributed by atoms with Crippen LogP contribution in [0.5, 0.6) is 0 Å². The Morgan fingerprint density at radius 3 is 2.33 bits per heavy atom. The lowest BCUT2D eigenvalue weighted by Crippen LogP contribution is -2.39. The lowest BCUT2D eigenvalue weighted by atomic mass is 10.1. The number of hydrogen-bond donors (Lipinski definition) is 3. The lowest BCUT2D eigenvalue weighted by Gasteiger charge is -2.18. The first kappa shape index (κ1) is 15.3. The summed E-state index contributed by atoms with van der Waals surface area (Å²) in [6, 6.07) is 15.3. The lowest BCUT2D eigenvalue weighted by molar-refractivity contribution is 0.251. The van der Waals surface area contributed by atoms with Crippen molar-refractivity contribution in [2.24, 2.45) is 5.73 Å². The Bertz CT molecular complexity index is 648. The van der Waals surface area contributed by atoms with Gasteiger partial charge in [0.25, 0.3) is 0 Å². The summed E-state index contributed by atoms with van der Waals surface area (Å²) in [6.07, 6.45) is 0. The number of carbonyl (C=O) groups is 1. The maximum absolute atomic E-state index is 12.1. The van der Waals surface area contributed by atoms with Crippen LogP contribution >= 0.6 is 23.8 Å². The van der Waals surface area contributed by atoms with E-state index in [0.29, 0.717) is 10.7 Å². The third kappa shape index (κ3) is 4.18. The summed E-state index contributed by atoms with van der Waals surface area (Å²) in [6.45, 7) is 0. The Balaban J connectivity index is 2.10. The fourth-order valence-electron chi connectivity index (χ4n) is 1.82. The van der Waals surface area contributed by atoms with Gasteiger partial charge in [0, 0.05) is 0 Å².